The molecule has 2 aliphatic rings. The average Bonchev–Trinajstić information content (AvgIpc) is 2.73. The summed E-state index contributed by atoms with van der Waals surface area (Å²) in [6, 6.07) is 0. The van der Waals surface area contributed by atoms with Gasteiger partial charge < -0.3 is 9.84 Å². The lowest BCUT2D eigenvalue weighted by molar-refractivity contribution is -0.154. The van der Waals surface area contributed by atoms with E-state index >= 15 is 0 Å². The Kier molecular flexibility index (Phi) is 3.76. The molecule has 4 unspecified atom stereocenters. The first-order chi connectivity index (χ1) is 8.08. The summed E-state index contributed by atoms with van der Waals surface area (Å²) in [6.45, 7) is 2.18. The molecular weight excluding hydrogens is 216 g/mol. The molecular formula is C14H24O3. The third kappa shape index (κ3) is 2.35. The molecule has 2 fully saturated rings. The number of carboxylic acid groups (broad SMARTS) is 1. The maximum atomic E-state index is 11.7. The van der Waals surface area contributed by atoms with Gasteiger partial charge in [-0.3, -0.25) is 4.79 Å². The summed E-state index contributed by atoms with van der Waals surface area (Å²) in [6.07, 6.45) is 7.30. The lowest BCUT2D eigenvalue weighted by Crippen LogP contribution is -2.40. The zero-order valence-electron chi connectivity index (χ0n) is 10.9. The van der Waals surface area contributed by atoms with E-state index in [2.05, 4.69) is 6.92 Å². The zero-order valence-corrected chi connectivity index (χ0v) is 10.9. The Labute approximate surface area is 104 Å². The second-order valence-corrected chi connectivity index (χ2v) is 6.03. The fourth-order valence-electron chi connectivity index (χ4n) is 3.93. The minimum Gasteiger partial charge on any atom is -0.481 e. The van der Waals surface area contributed by atoms with Crippen LogP contribution in [0.3, 0.4) is 0 Å². The Bertz CT molecular complexity index is 289. The SMILES string of the molecule is COC1CCCC(C2(C(=O)O)CCC(C)C2)C1. The van der Waals surface area contributed by atoms with Crippen LogP contribution in [0.5, 0.6) is 0 Å². The van der Waals surface area contributed by atoms with Gasteiger partial charge in [0.15, 0.2) is 0 Å². The van der Waals surface area contributed by atoms with Crippen LogP contribution in [0.4, 0.5) is 0 Å². The molecule has 0 bridgehead atoms. The van der Waals surface area contributed by atoms with Gasteiger partial charge in [0.25, 0.3) is 0 Å². The van der Waals surface area contributed by atoms with E-state index in [-0.39, 0.29) is 6.10 Å². The van der Waals surface area contributed by atoms with Crippen LogP contribution in [0.25, 0.3) is 0 Å². The summed E-state index contributed by atoms with van der Waals surface area (Å²) in [5.41, 5.74) is -0.448. The first kappa shape index (κ1) is 12.9. The van der Waals surface area contributed by atoms with E-state index in [0.29, 0.717) is 11.8 Å². The van der Waals surface area contributed by atoms with Gasteiger partial charge in [-0.15, -0.1) is 0 Å². The number of hydrogen-bond donors (Lipinski definition) is 1. The molecule has 0 aromatic heterocycles. The fourth-order valence-corrected chi connectivity index (χ4v) is 3.93. The van der Waals surface area contributed by atoms with E-state index in [9.17, 15) is 9.90 Å². The maximum absolute atomic E-state index is 11.7. The highest BCUT2D eigenvalue weighted by Crippen LogP contribution is 2.52. The Balaban J connectivity index is 2.13. The molecule has 2 aliphatic carbocycles. The van der Waals surface area contributed by atoms with Gasteiger partial charge >= 0.3 is 5.97 Å². The number of methoxy groups -OCH3 is 1. The van der Waals surface area contributed by atoms with E-state index in [1.54, 1.807) is 7.11 Å². The van der Waals surface area contributed by atoms with E-state index < -0.39 is 11.4 Å². The predicted molar refractivity (Wildman–Crippen MR) is 65.8 cm³/mol. The molecule has 1 N–H and O–H groups in total. The minimum atomic E-state index is -0.566. The molecule has 0 amide bonds. The smallest absolute Gasteiger partial charge is 0.309 e. The van der Waals surface area contributed by atoms with Crippen LogP contribution in [0.1, 0.15) is 51.9 Å². The molecule has 98 valence electrons. The van der Waals surface area contributed by atoms with Crippen molar-refractivity contribution in [1.82, 2.24) is 0 Å². The van der Waals surface area contributed by atoms with Crippen molar-refractivity contribution < 1.29 is 14.6 Å². The van der Waals surface area contributed by atoms with Crippen LogP contribution >= 0.6 is 0 Å². The highest BCUT2D eigenvalue weighted by atomic mass is 16.5. The van der Waals surface area contributed by atoms with Gasteiger partial charge in [-0.05, 0) is 50.4 Å². The van der Waals surface area contributed by atoms with E-state index in [4.69, 9.17) is 4.74 Å². The highest BCUT2D eigenvalue weighted by Gasteiger charge is 2.50. The largest absolute Gasteiger partial charge is 0.481 e. The van der Waals surface area contributed by atoms with Gasteiger partial charge in [0.1, 0.15) is 0 Å². The Morgan fingerprint density at radius 3 is 2.65 bits per heavy atom. The van der Waals surface area contributed by atoms with Crippen LogP contribution in [0.15, 0.2) is 0 Å². The molecule has 0 heterocycles. The van der Waals surface area contributed by atoms with E-state index in [1.807, 2.05) is 0 Å². The average molecular weight is 240 g/mol. The van der Waals surface area contributed by atoms with Crippen molar-refractivity contribution in [2.45, 2.75) is 58.0 Å². The molecule has 3 nitrogen and oxygen atoms in total. The van der Waals surface area contributed by atoms with Crippen molar-refractivity contribution in [3.05, 3.63) is 0 Å². The molecule has 2 saturated carbocycles. The molecule has 17 heavy (non-hydrogen) atoms. The van der Waals surface area contributed by atoms with E-state index in [1.165, 1.54) is 0 Å². The molecule has 0 aliphatic heterocycles. The van der Waals surface area contributed by atoms with Crippen molar-refractivity contribution in [1.29, 1.82) is 0 Å². The van der Waals surface area contributed by atoms with Gasteiger partial charge in [0.05, 0.1) is 11.5 Å². The van der Waals surface area contributed by atoms with Crippen molar-refractivity contribution >= 4 is 5.97 Å². The summed E-state index contributed by atoms with van der Waals surface area (Å²) < 4.78 is 5.44. The Hall–Kier alpha value is -0.570. The van der Waals surface area contributed by atoms with Crippen LogP contribution in [0.2, 0.25) is 0 Å². The van der Waals surface area contributed by atoms with Crippen molar-refractivity contribution in [3.8, 4) is 0 Å². The first-order valence-electron chi connectivity index (χ1n) is 6.84. The van der Waals surface area contributed by atoms with Crippen molar-refractivity contribution in [3.63, 3.8) is 0 Å². The monoisotopic (exact) mass is 240 g/mol. The van der Waals surface area contributed by atoms with Gasteiger partial charge in [0, 0.05) is 7.11 Å². The highest BCUT2D eigenvalue weighted by molar-refractivity contribution is 5.75. The second-order valence-electron chi connectivity index (χ2n) is 6.03. The molecule has 0 saturated heterocycles. The maximum Gasteiger partial charge on any atom is 0.309 e. The van der Waals surface area contributed by atoms with Crippen molar-refractivity contribution in [2.75, 3.05) is 7.11 Å². The topological polar surface area (TPSA) is 46.5 Å². The number of carboxylic acids is 1. The molecule has 0 aromatic rings. The minimum absolute atomic E-state index is 0.279. The summed E-state index contributed by atoms with van der Waals surface area (Å²) in [5.74, 6) is 0.321. The van der Waals surface area contributed by atoms with Crippen LogP contribution in [0, 0.1) is 17.3 Å². The normalized spacial score (nSPS) is 42.6. The van der Waals surface area contributed by atoms with E-state index in [0.717, 1.165) is 44.9 Å². The third-order valence-corrected chi connectivity index (χ3v) is 4.96. The quantitative estimate of drug-likeness (QED) is 0.824. The Morgan fingerprint density at radius 2 is 2.12 bits per heavy atom. The second kappa shape index (κ2) is 4.97. The molecule has 0 spiro atoms. The van der Waals surface area contributed by atoms with Crippen LogP contribution in [-0.4, -0.2) is 24.3 Å². The summed E-state index contributed by atoms with van der Waals surface area (Å²) in [5, 5.41) is 9.65. The number of carbonyl (C=O) groups is 1. The third-order valence-electron chi connectivity index (χ3n) is 4.96. The summed E-state index contributed by atoms with van der Waals surface area (Å²) in [7, 11) is 1.75. The van der Waals surface area contributed by atoms with Crippen LogP contribution in [-0.2, 0) is 9.53 Å². The summed E-state index contributed by atoms with van der Waals surface area (Å²) in [4.78, 5) is 11.7. The lowest BCUT2D eigenvalue weighted by atomic mass is 9.66. The molecule has 3 heteroatoms. The number of ether oxygens (including phenoxy) is 1. The van der Waals surface area contributed by atoms with Crippen LogP contribution < -0.4 is 0 Å². The van der Waals surface area contributed by atoms with Gasteiger partial charge in [-0.25, -0.2) is 0 Å². The molecule has 4 atom stereocenters. The van der Waals surface area contributed by atoms with Crippen molar-refractivity contribution in [2.24, 2.45) is 17.3 Å². The summed E-state index contributed by atoms with van der Waals surface area (Å²) >= 11 is 0. The molecule has 0 aromatic carbocycles. The Morgan fingerprint density at radius 1 is 1.35 bits per heavy atom. The molecule has 2 rings (SSSR count). The zero-order chi connectivity index (χ0) is 12.5. The number of hydrogen-bond acceptors (Lipinski definition) is 2. The number of aliphatic carboxylic acids is 1. The fraction of sp³-hybridized carbons (Fsp3) is 0.929. The number of rotatable bonds is 3. The van der Waals surface area contributed by atoms with Gasteiger partial charge in [0.2, 0.25) is 0 Å². The lowest BCUT2D eigenvalue weighted by Gasteiger charge is -2.39. The predicted octanol–water partition coefficient (Wildman–Crippen LogP) is 3.08. The standard InChI is InChI=1S/C14H24O3/c1-10-6-7-14(9-10,13(15)16)11-4-3-5-12(8-11)17-2/h10-12H,3-9H2,1-2H3,(H,15,16). The molecule has 0 radical (unpaired) electrons. The van der Waals surface area contributed by atoms with Gasteiger partial charge in [-0.2, -0.15) is 0 Å². The first-order valence-corrected chi connectivity index (χ1v) is 6.84. The van der Waals surface area contributed by atoms with Gasteiger partial charge in [-0.1, -0.05) is 13.3 Å².